The lowest BCUT2D eigenvalue weighted by Gasteiger charge is -2.15. The molecule has 2 rings (SSSR count). The molecule has 0 aliphatic heterocycles. The minimum atomic E-state index is -0.327. The van der Waals surface area contributed by atoms with Gasteiger partial charge in [0.1, 0.15) is 5.82 Å². The molecule has 0 heterocycles. The molecule has 1 unspecified atom stereocenters. The van der Waals surface area contributed by atoms with Gasteiger partial charge in [-0.3, -0.25) is 4.79 Å². The lowest BCUT2D eigenvalue weighted by atomic mass is 10.1. The Morgan fingerprint density at radius 2 is 2.00 bits per heavy atom. The van der Waals surface area contributed by atoms with Crippen LogP contribution in [0.4, 0.5) is 4.39 Å². The Morgan fingerprint density at radius 1 is 1.29 bits per heavy atom. The second-order valence-electron chi connectivity index (χ2n) is 4.87. The van der Waals surface area contributed by atoms with Gasteiger partial charge in [0.25, 0.3) is 5.91 Å². The number of aryl methyl sites for hydroxylation is 1. The fraction of sp³-hybridized carbons (Fsp3) is 0.188. The third-order valence-electron chi connectivity index (χ3n) is 3.24. The second kappa shape index (κ2) is 6.50. The number of halogens is 2. The van der Waals surface area contributed by atoms with Crippen molar-refractivity contribution in [1.29, 1.82) is 0 Å². The number of carbonyl (C=O) groups excluding carboxylic acids is 1. The third-order valence-corrected chi connectivity index (χ3v) is 3.85. The smallest absolute Gasteiger partial charge is 0.253 e. The van der Waals surface area contributed by atoms with E-state index in [0.717, 1.165) is 0 Å². The number of hydrogen-bond donors (Lipinski definition) is 2. The molecule has 0 fully saturated rings. The maximum atomic E-state index is 13.6. The van der Waals surface area contributed by atoms with Crippen LogP contribution in [0.15, 0.2) is 41.3 Å². The molecular formula is C16H15ClFNOS. The fourth-order valence-corrected chi connectivity index (χ4v) is 2.33. The highest BCUT2D eigenvalue weighted by atomic mass is 35.5. The maximum Gasteiger partial charge on any atom is 0.253 e. The van der Waals surface area contributed by atoms with E-state index in [1.807, 2.05) is 0 Å². The first kappa shape index (κ1) is 15.9. The van der Waals surface area contributed by atoms with E-state index in [1.54, 1.807) is 44.2 Å². The van der Waals surface area contributed by atoms with Crippen molar-refractivity contribution in [1.82, 2.24) is 5.32 Å². The highest BCUT2D eigenvalue weighted by molar-refractivity contribution is 7.80. The molecule has 1 N–H and O–H groups in total. The van der Waals surface area contributed by atoms with Crippen LogP contribution in [0, 0.1) is 12.7 Å². The van der Waals surface area contributed by atoms with E-state index in [0.29, 0.717) is 26.6 Å². The van der Waals surface area contributed by atoms with Gasteiger partial charge in [-0.2, -0.15) is 0 Å². The summed E-state index contributed by atoms with van der Waals surface area (Å²) in [4.78, 5) is 12.9. The summed E-state index contributed by atoms with van der Waals surface area (Å²) < 4.78 is 13.6. The second-order valence-corrected chi connectivity index (χ2v) is 5.79. The van der Waals surface area contributed by atoms with Crippen molar-refractivity contribution >= 4 is 30.1 Å². The van der Waals surface area contributed by atoms with E-state index in [9.17, 15) is 9.18 Å². The summed E-state index contributed by atoms with van der Waals surface area (Å²) in [5.74, 6) is -0.603. The van der Waals surface area contributed by atoms with Gasteiger partial charge in [0.15, 0.2) is 0 Å². The van der Waals surface area contributed by atoms with Crippen LogP contribution in [0.1, 0.15) is 34.5 Å². The van der Waals surface area contributed by atoms with Crippen LogP contribution >= 0.6 is 24.2 Å². The van der Waals surface area contributed by atoms with Crippen molar-refractivity contribution in [3.05, 3.63) is 63.9 Å². The van der Waals surface area contributed by atoms with Crippen molar-refractivity contribution < 1.29 is 9.18 Å². The van der Waals surface area contributed by atoms with Crippen molar-refractivity contribution in [2.24, 2.45) is 0 Å². The fourth-order valence-electron chi connectivity index (χ4n) is 1.92. The van der Waals surface area contributed by atoms with Gasteiger partial charge in [0, 0.05) is 4.90 Å². The van der Waals surface area contributed by atoms with Gasteiger partial charge in [0.2, 0.25) is 0 Å². The van der Waals surface area contributed by atoms with Crippen LogP contribution in [-0.2, 0) is 0 Å². The molecule has 2 aromatic rings. The molecule has 0 bridgehead atoms. The van der Waals surface area contributed by atoms with Crippen molar-refractivity contribution in [2.75, 3.05) is 0 Å². The molecule has 110 valence electrons. The summed E-state index contributed by atoms with van der Waals surface area (Å²) in [5.41, 5.74) is 1.62. The zero-order valence-corrected chi connectivity index (χ0v) is 13.3. The predicted octanol–water partition coefficient (Wildman–Crippen LogP) is 4.57. The van der Waals surface area contributed by atoms with Crippen LogP contribution in [0.2, 0.25) is 5.02 Å². The summed E-state index contributed by atoms with van der Waals surface area (Å²) in [7, 11) is 0. The largest absolute Gasteiger partial charge is 0.345 e. The Hall–Kier alpha value is -1.52. The standard InChI is InChI=1S/C16H15ClFNOS/c1-9-3-4-11(7-15(9)18)10(2)19-16(20)13-8-12(21)5-6-14(13)17/h3-8,10,21H,1-2H3,(H,19,20). The zero-order chi connectivity index (χ0) is 15.6. The van der Waals surface area contributed by atoms with E-state index in [4.69, 9.17) is 11.6 Å². The first-order chi connectivity index (χ1) is 9.88. The molecule has 0 aliphatic carbocycles. The minimum Gasteiger partial charge on any atom is -0.345 e. The van der Waals surface area contributed by atoms with Gasteiger partial charge in [-0.1, -0.05) is 23.7 Å². The summed E-state index contributed by atoms with van der Waals surface area (Å²) in [6.45, 7) is 3.49. The summed E-state index contributed by atoms with van der Waals surface area (Å²) in [6.07, 6.45) is 0. The van der Waals surface area contributed by atoms with E-state index in [2.05, 4.69) is 17.9 Å². The van der Waals surface area contributed by atoms with Gasteiger partial charge < -0.3 is 5.32 Å². The summed E-state index contributed by atoms with van der Waals surface area (Å²) in [6, 6.07) is 9.51. The Balaban J connectivity index is 2.18. The third kappa shape index (κ3) is 3.77. The molecule has 1 amide bonds. The van der Waals surface area contributed by atoms with Crippen molar-refractivity contribution in [2.45, 2.75) is 24.8 Å². The number of carbonyl (C=O) groups is 1. The first-order valence-electron chi connectivity index (χ1n) is 6.44. The minimum absolute atomic E-state index is 0.288. The highest BCUT2D eigenvalue weighted by Gasteiger charge is 2.15. The number of rotatable bonds is 3. The molecule has 21 heavy (non-hydrogen) atoms. The maximum absolute atomic E-state index is 13.6. The monoisotopic (exact) mass is 323 g/mol. The van der Waals surface area contributed by atoms with Gasteiger partial charge in [-0.25, -0.2) is 4.39 Å². The Bertz CT molecular complexity index is 690. The lowest BCUT2D eigenvalue weighted by Crippen LogP contribution is -2.27. The summed E-state index contributed by atoms with van der Waals surface area (Å²) in [5, 5.41) is 3.16. The van der Waals surface area contributed by atoms with Crippen LogP contribution < -0.4 is 5.32 Å². The molecule has 0 saturated heterocycles. The number of thiol groups is 1. The molecular weight excluding hydrogens is 309 g/mol. The molecule has 2 nitrogen and oxygen atoms in total. The first-order valence-corrected chi connectivity index (χ1v) is 7.26. The predicted molar refractivity (Wildman–Crippen MR) is 85.7 cm³/mol. The van der Waals surface area contributed by atoms with Crippen molar-refractivity contribution in [3.63, 3.8) is 0 Å². The van der Waals surface area contributed by atoms with Crippen LogP contribution in [-0.4, -0.2) is 5.91 Å². The van der Waals surface area contributed by atoms with Gasteiger partial charge in [-0.15, -0.1) is 12.6 Å². The van der Waals surface area contributed by atoms with Gasteiger partial charge in [0.05, 0.1) is 16.6 Å². The van der Waals surface area contributed by atoms with E-state index in [1.165, 1.54) is 6.07 Å². The molecule has 2 aromatic carbocycles. The Kier molecular flexibility index (Phi) is 4.91. The number of amides is 1. The molecule has 0 spiro atoms. The molecule has 0 radical (unpaired) electrons. The Labute approximate surface area is 133 Å². The average Bonchev–Trinajstić information content (AvgIpc) is 2.44. The Morgan fingerprint density at radius 3 is 2.67 bits per heavy atom. The molecule has 1 atom stereocenters. The highest BCUT2D eigenvalue weighted by Crippen LogP contribution is 2.21. The summed E-state index contributed by atoms with van der Waals surface area (Å²) >= 11 is 10.2. The number of benzene rings is 2. The molecule has 0 saturated carbocycles. The van der Waals surface area contributed by atoms with E-state index in [-0.39, 0.29) is 17.8 Å². The zero-order valence-electron chi connectivity index (χ0n) is 11.7. The van der Waals surface area contributed by atoms with Gasteiger partial charge >= 0.3 is 0 Å². The van der Waals surface area contributed by atoms with Crippen LogP contribution in [0.5, 0.6) is 0 Å². The SMILES string of the molecule is Cc1ccc(C(C)NC(=O)c2cc(S)ccc2Cl)cc1F. The topological polar surface area (TPSA) is 29.1 Å². The number of hydrogen-bond acceptors (Lipinski definition) is 2. The molecule has 0 aliphatic rings. The molecule has 0 aromatic heterocycles. The van der Waals surface area contributed by atoms with E-state index >= 15 is 0 Å². The molecule has 5 heteroatoms. The van der Waals surface area contributed by atoms with Gasteiger partial charge in [-0.05, 0) is 49.2 Å². The average molecular weight is 324 g/mol. The quantitative estimate of drug-likeness (QED) is 0.796. The normalized spacial score (nSPS) is 12.0. The van der Waals surface area contributed by atoms with Crippen molar-refractivity contribution in [3.8, 4) is 0 Å². The lowest BCUT2D eigenvalue weighted by molar-refractivity contribution is 0.0939. The number of nitrogens with one attached hydrogen (secondary N) is 1. The van der Waals surface area contributed by atoms with Crippen LogP contribution in [0.3, 0.4) is 0 Å². The van der Waals surface area contributed by atoms with Crippen LogP contribution in [0.25, 0.3) is 0 Å². The van der Waals surface area contributed by atoms with E-state index < -0.39 is 0 Å².